The van der Waals surface area contributed by atoms with Crippen LogP contribution in [0.2, 0.25) is 0 Å². The van der Waals surface area contributed by atoms with E-state index in [1.165, 1.54) is 12.1 Å². The molecule has 0 saturated heterocycles. The Bertz CT molecular complexity index is 412. The van der Waals surface area contributed by atoms with Gasteiger partial charge in [-0.25, -0.2) is 4.39 Å². The van der Waals surface area contributed by atoms with Crippen molar-refractivity contribution in [2.45, 2.75) is 27.2 Å². The van der Waals surface area contributed by atoms with Gasteiger partial charge in [0.15, 0.2) is 0 Å². The average Bonchev–Trinajstić information content (AvgIpc) is 2.24. The van der Waals surface area contributed by atoms with Crippen molar-refractivity contribution in [3.63, 3.8) is 0 Å². The van der Waals surface area contributed by atoms with Crippen LogP contribution >= 0.6 is 15.9 Å². The van der Waals surface area contributed by atoms with Crippen LogP contribution in [0.25, 0.3) is 0 Å². The Morgan fingerprint density at radius 1 is 1.39 bits per heavy atom. The minimum Gasteiger partial charge on any atom is -0.352 e. The third-order valence-electron chi connectivity index (χ3n) is 2.80. The van der Waals surface area contributed by atoms with E-state index in [0.29, 0.717) is 12.1 Å². The molecule has 1 N–H and O–H groups in total. The molecule has 1 rings (SSSR count). The first-order valence-corrected chi connectivity index (χ1v) is 7.07. The molecule has 0 bridgehead atoms. The molecule has 0 spiro atoms. The van der Waals surface area contributed by atoms with Crippen molar-refractivity contribution in [1.82, 2.24) is 5.32 Å². The number of carbonyl (C=O) groups excluding carboxylic acids is 1. The van der Waals surface area contributed by atoms with Gasteiger partial charge in [-0.3, -0.25) is 4.79 Å². The first-order valence-electron chi connectivity index (χ1n) is 5.95. The summed E-state index contributed by atoms with van der Waals surface area (Å²) in [5.41, 5.74) is 1.16. The van der Waals surface area contributed by atoms with Crippen LogP contribution in [0.3, 0.4) is 0 Å². The van der Waals surface area contributed by atoms with Crippen LogP contribution in [0.4, 0.5) is 4.39 Å². The van der Waals surface area contributed by atoms with Gasteiger partial charge >= 0.3 is 0 Å². The number of benzene rings is 1. The van der Waals surface area contributed by atoms with E-state index in [1.807, 2.05) is 0 Å². The molecular formula is C14H19BrFNO. The van der Waals surface area contributed by atoms with Crippen molar-refractivity contribution in [2.24, 2.45) is 5.41 Å². The number of rotatable bonds is 5. The predicted octanol–water partition coefficient (Wildman–Crippen LogP) is 3.68. The zero-order valence-corrected chi connectivity index (χ0v) is 12.6. The number of hydrogen-bond acceptors (Lipinski definition) is 1. The molecule has 0 fully saturated rings. The molecule has 0 atom stereocenters. The van der Waals surface area contributed by atoms with E-state index >= 15 is 0 Å². The van der Waals surface area contributed by atoms with Crippen molar-refractivity contribution in [3.8, 4) is 0 Å². The summed E-state index contributed by atoms with van der Waals surface area (Å²) in [5, 5.41) is 3.75. The predicted molar refractivity (Wildman–Crippen MR) is 75.7 cm³/mol. The van der Waals surface area contributed by atoms with Crippen molar-refractivity contribution in [2.75, 3.05) is 11.9 Å². The van der Waals surface area contributed by atoms with Crippen LogP contribution in [-0.4, -0.2) is 17.8 Å². The summed E-state index contributed by atoms with van der Waals surface area (Å²) >= 11 is 3.39. The van der Waals surface area contributed by atoms with E-state index in [0.717, 1.165) is 17.3 Å². The Morgan fingerprint density at radius 2 is 2.06 bits per heavy atom. The van der Waals surface area contributed by atoms with E-state index in [1.54, 1.807) is 13.0 Å². The zero-order valence-electron chi connectivity index (χ0n) is 11.0. The van der Waals surface area contributed by atoms with E-state index in [-0.39, 0.29) is 17.1 Å². The summed E-state index contributed by atoms with van der Waals surface area (Å²) in [5.74, 6) is -0.597. The van der Waals surface area contributed by atoms with Gasteiger partial charge in [0.1, 0.15) is 5.82 Å². The topological polar surface area (TPSA) is 29.1 Å². The Balaban J connectivity index is 2.66. The smallest absolute Gasteiger partial charge is 0.251 e. The molecule has 0 aliphatic rings. The highest BCUT2D eigenvalue weighted by Crippen LogP contribution is 2.20. The number of halogens is 2. The molecule has 0 unspecified atom stereocenters. The Kier molecular flexibility index (Phi) is 5.32. The average molecular weight is 316 g/mol. The molecular weight excluding hydrogens is 297 g/mol. The standard InChI is InChI=1S/C14H19BrFNO/c1-10-6-11(8-12(16)7-10)13(18)17-9-14(2,3)4-5-15/h6-8H,4-5,9H2,1-3H3,(H,17,18). The van der Waals surface area contributed by atoms with E-state index < -0.39 is 0 Å². The third-order valence-corrected chi connectivity index (χ3v) is 3.20. The molecule has 0 heterocycles. The molecule has 0 aliphatic heterocycles. The third kappa shape index (κ3) is 4.77. The number of amides is 1. The molecule has 0 aliphatic carbocycles. The molecule has 0 aromatic heterocycles. The van der Waals surface area contributed by atoms with Gasteiger partial charge < -0.3 is 5.32 Å². The van der Waals surface area contributed by atoms with Gasteiger partial charge in [-0.15, -0.1) is 0 Å². The summed E-state index contributed by atoms with van der Waals surface area (Å²) in [6.07, 6.45) is 0.968. The summed E-state index contributed by atoms with van der Waals surface area (Å²) in [6, 6.07) is 4.36. The van der Waals surface area contributed by atoms with E-state index in [2.05, 4.69) is 35.1 Å². The maximum Gasteiger partial charge on any atom is 0.251 e. The number of alkyl halides is 1. The molecule has 1 aromatic rings. The maximum absolute atomic E-state index is 13.2. The van der Waals surface area contributed by atoms with Crippen molar-refractivity contribution in [1.29, 1.82) is 0 Å². The normalized spacial score (nSPS) is 11.4. The quantitative estimate of drug-likeness (QED) is 0.825. The highest BCUT2D eigenvalue weighted by atomic mass is 79.9. The fourth-order valence-corrected chi connectivity index (χ4v) is 2.71. The summed E-state index contributed by atoms with van der Waals surface area (Å²) in [6.45, 7) is 6.53. The second-order valence-corrected chi connectivity index (χ2v) is 6.10. The Hall–Kier alpha value is -0.900. The lowest BCUT2D eigenvalue weighted by Gasteiger charge is -2.23. The lowest BCUT2D eigenvalue weighted by molar-refractivity contribution is 0.0935. The summed E-state index contributed by atoms with van der Waals surface area (Å²) in [7, 11) is 0. The van der Waals surface area contributed by atoms with Crippen LogP contribution in [-0.2, 0) is 0 Å². The highest BCUT2D eigenvalue weighted by molar-refractivity contribution is 9.09. The van der Waals surface area contributed by atoms with Gasteiger partial charge in [0.25, 0.3) is 5.91 Å². The molecule has 100 valence electrons. The van der Waals surface area contributed by atoms with Gasteiger partial charge in [0.05, 0.1) is 0 Å². The molecule has 1 aromatic carbocycles. The molecule has 0 radical (unpaired) electrons. The molecule has 2 nitrogen and oxygen atoms in total. The monoisotopic (exact) mass is 315 g/mol. The Morgan fingerprint density at radius 3 is 2.61 bits per heavy atom. The first-order chi connectivity index (χ1) is 8.34. The zero-order chi connectivity index (χ0) is 13.8. The second kappa shape index (κ2) is 6.32. The SMILES string of the molecule is Cc1cc(F)cc(C(=O)NCC(C)(C)CCBr)c1. The van der Waals surface area contributed by atoms with Crippen LogP contribution < -0.4 is 5.32 Å². The van der Waals surface area contributed by atoms with Crippen molar-refractivity contribution >= 4 is 21.8 Å². The molecule has 18 heavy (non-hydrogen) atoms. The maximum atomic E-state index is 13.2. The van der Waals surface area contributed by atoms with Crippen LogP contribution in [0.15, 0.2) is 18.2 Å². The Labute approximate surface area is 116 Å². The van der Waals surface area contributed by atoms with Crippen LogP contribution in [0, 0.1) is 18.2 Å². The van der Waals surface area contributed by atoms with Crippen molar-refractivity contribution < 1.29 is 9.18 Å². The van der Waals surface area contributed by atoms with Crippen molar-refractivity contribution in [3.05, 3.63) is 35.1 Å². The van der Waals surface area contributed by atoms with E-state index in [9.17, 15) is 9.18 Å². The molecule has 0 saturated carbocycles. The lowest BCUT2D eigenvalue weighted by atomic mass is 9.90. The van der Waals surface area contributed by atoms with Gasteiger partial charge in [-0.2, -0.15) is 0 Å². The minimum absolute atomic E-state index is 0.0293. The number of carbonyl (C=O) groups is 1. The molecule has 1 amide bonds. The van der Waals surface area contributed by atoms with Gasteiger partial charge in [0, 0.05) is 17.4 Å². The second-order valence-electron chi connectivity index (χ2n) is 5.30. The minimum atomic E-state index is -0.375. The van der Waals surface area contributed by atoms with Crippen LogP contribution in [0.5, 0.6) is 0 Å². The fraction of sp³-hybridized carbons (Fsp3) is 0.500. The fourth-order valence-electron chi connectivity index (χ4n) is 1.63. The van der Waals surface area contributed by atoms with E-state index in [4.69, 9.17) is 0 Å². The lowest BCUT2D eigenvalue weighted by Crippen LogP contribution is -2.34. The molecule has 4 heteroatoms. The largest absolute Gasteiger partial charge is 0.352 e. The van der Waals surface area contributed by atoms with Gasteiger partial charge in [-0.1, -0.05) is 29.8 Å². The van der Waals surface area contributed by atoms with Gasteiger partial charge in [-0.05, 0) is 42.5 Å². The summed E-state index contributed by atoms with van der Waals surface area (Å²) < 4.78 is 13.2. The van der Waals surface area contributed by atoms with Gasteiger partial charge in [0.2, 0.25) is 0 Å². The number of hydrogen-bond donors (Lipinski definition) is 1. The number of nitrogens with one attached hydrogen (secondary N) is 1. The first kappa shape index (κ1) is 15.2. The number of aryl methyl sites for hydroxylation is 1. The highest BCUT2D eigenvalue weighted by Gasteiger charge is 2.18. The van der Waals surface area contributed by atoms with Crippen LogP contribution in [0.1, 0.15) is 36.2 Å². The summed E-state index contributed by atoms with van der Waals surface area (Å²) in [4.78, 5) is 11.9.